The van der Waals surface area contributed by atoms with Gasteiger partial charge in [-0.15, -0.1) is 0 Å². The molecule has 0 bridgehead atoms. The SMILES string of the molecule is C[C@]12CC[C@H]3[C@@H](CC=C4C[C@@H](O)CC[C@@]43C)[C@@H]1CC[C@@H]2[C@@]1(C)CO1. The van der Waals surface area contributed by atoms with E-state index < -0.39 is 0 Å². The van der Waals surface area contributed by atoms with Crippen LogP contribution in [0.3, 0.4) is 0 Å². The van der Waals surface area contributed by atoms with E-state index in [1.807, 2.05) is 0 Å². The summed E-state index contributed by atoms with van der Waals surface area (Å²) in [7, 11) is 0. The lowest BCUT2D eigenvalue weighted by molar-refractivity contribution is -0.0595. The smallest absolute Gasteiger partial charge is 0.0921 e. The van der Waals surface area contributed by atoms with Gasteiger partial charge in [0.25, 0.3) is 0 Å². The minimum atomic E-state index is -0.0856. The average Bonchev–Trinajstić information content (AvgIpc) is 3.17. The molecule has 1 heterocycles. The van der Waals surface area contributed by atoms with Crippen LogP contribution in [0.5, 0.6) is 0 Å². The van der Waals surface area contributed by atoms with Crippen LogP contribution < -0.4 is 0 Å². The van der Waals surface area contributed by atoms with E-state index in [0.717, 1.165) is 43.1 Å². The van der Waals surface area contributed by atoms with Gasteiger partial charge in [-0.2, -0.15) is 0 Å². The van der Waals surface area contributed by atoms with Crippen LogP contribution in [-0.4, -0.2) is 23.4 Å². The van der Waals surface area contributed by atoms with E-state index >= 15 is 0 Å². The van der Waals surface area contributed by atoms with Gasteiger partial charge in [-0.05, 0) is 92.8 Å². The minimum Gasteiger partial charge on any atom is -0.393 e. The molecule has 5 rings (SSSR count). The fraction of sp³-hybridized carbons (Fsp3) is 0.909. The first-order valence-electron chi connectivity index (χ1n) is 10.4. The highest BCUT2D eigenvalue weighted by Gasteiger charge is 2.64. The maximum atomic E-state index is 10.1. The molecule has 1 aliphatic heterocycles. The standard InChI is InChI=1S/C22H34O2/c1-20-10-8-15(23)12-14(20)4-5-16-17-6-7-19(22(3)13-24-22)21(17,2)11-9-18(16)20/h4,15-19,23H,5-13H2,1-3H3/t15-,16-,17-,18-,19-,20-,21-,22+/m0/s1. The maximum absolute atomic E-state index is 10.1. The highest BCUT2D eigenvalue weighted by Crippen LogP contribution is 2.68. The van der Waals surface area contributed by atoms with Gasteiger partial charge in [0.2, 0.25) is 0 Å². The zero-order chi connectivity index (χ0) is 16.7. The van der Waals surface area contributed by atoms with Crippen LogP contribution in [-0.2, 0) is 4.74 Å². The fourth-order valence-corrected chi connectivity index (χ4v) is 7.96. The Morgan fingerprint density at radius 1 is 1.04 bits per heavy atom. The van der Waals surface area contributed by atoms with Crippen molar-refractivity contribution in [1.82, 2.24) is 0 Å². The van der Waals surface area contributed by atoms with Crippen molar-refractivity contribution in [3.05, 3.63) is 11.6 Å². The Hall–Kier alpha value is -0.340. The van der Waals surface area contributed by atoms with Gasteiger partial charge in [0, 0.05) is 0 Å². The van der Waals surface area contributed by atoms with Crippen molar-refractivity contribution < 1.29 is 9.84 Å². The summed E-state index contributed by atoms with van der Waals surface area (Å²) in [6, 6.07) is 0. The van der Waals surface area contributed by atoms with Crippen molar-refractivity contribution >= 4 is 0 Å². The summed E-state index contributed by atoms with van der Waals surface area (Å²) >= 11 is 0. The molecule has 0 aromatic rings. The van der Waals surface area contributed by atoms with Crippen molar-refractivity contribution in [2.45, 2.75) is 83.8 Å². The molecule has 134 valence electrons. The highest BCUT2D eigenvalue weighted by atomic mass is 16.6. The largest absolute Gasteiger partial charge is 0.393 e. The Bertz CT molecular complexity index is 577. The van der Waals surface area contributed by atoms with Crippen molar-refractivity contribution in [2.24, 2.45) is 34.5 Å². The molecule has 4 aliphatic carbocycles. The van der Waals surface area contributed by atoms with Crippen LogP contribution in [0.2, 0.25) is 0 Å². The Labute approximate surface area is 147 Å². The van der Waals surface area contributed by atoms with Gasteiger partial charge >= 0.3 is 0 Å². The lowest BCUT2D eigenvalue weighted by Crippen LogP contribution is -2.51. The van der Waals surface area contributed by atoms with E-state index in [2.05, 4.69) is 26.8 Å². The average molecular weight is 331 g/mol. The molecule has 1 N–H and O–H groups in total. The number of allylic oxidation sites excluding steroid dienone is 1. The molecular weight excluding hydrogens is 296 g/mol. The third-order valence-corrected chi connectivity index (χ3v) is 9.41. The maximum Gasteiger partial charge on any atom is 0.0921 e. The summed E-state index contributed by atoms with van der Waals surface area (Å²) in [5.41, 5.74) is 2.67. The van der Waals surface area contributed by atoms with Crippen LogP contribution in [0.4, 0.5) is 0 Å². The topological polar surface area (TPSA) is 32.8 Å². The van der Waals surface area contributed by atoms with Crippen LogP contribution >= 0.6 is 0 Å². The Morgan fingerprint density at radius 3 is 2.58 bits per heavy atom. The number of epoxide rings is 1. The van der Waals surface area contributed by atoms with Gasteiger partial charge in [0.05, 0.1) is 18.3 Å². The molecule has 1 saturated heterocycles. The van der Waals surface area contributed by atoms with Crippen LogP contribution in [0.15, 0.2) is 11.6 Å². The first kappa shape index (κ1) is 15.9. The number of hydrogen-bond donors (Lipinski definition) is 1. The molecule has 0 aromatic heterocycles. The van der Waals surface area contributed by atoms with Gasteiger partial charge in [-0.25, -0.2) is 0 Å². The summed E-state index contributed by atoms with van der Waals surface area (Å²) in [4.78, 5) is 0. The van der Waals surface area contributed by atoms with Crippen molar-refractivity contribution in [3.8, 4) is 0 Å². The predicted molar refractivity (Wildman–Crippen MR) is 95.6 cm³/mol. The van der Waals surface area contributed by atoms with Gasteiger partial charge < -0.3 is 9.84 Å². The van der Waals surface area contributed by atoms with E-state index in [-0.39, 0.29) is 11.7 Å². The highest BCUT2D eigenvalue weighted by molar-refractivity contribution is 5.26. The number of rotatable bonds is 1. The molecule has 5 aliphatic rings. The Kier molecular flexibility index (Phi) is 3.23. The van der Waals surface area contributed by atoms with Crippen LogP contribution in [0.25, 0.3) is 0 Å². The van der Waals surface area contributed by atoms with Gasteiger partial charge in [-0.3, -0.25) is 0 Å². The molecule has 8 atom stereocenters. The first-order chi connectivity index (χ1) is 11.4. The van der Waals surface area contributed by atoms with Crippen molar-refractivity contribution in [3.63, 3.8) is 0 Å². The van der Waals surface area contributed by atoms with E-state index in [4.69, 9.17) is 4.74 Å². The summed E-state index contributed by atoms with van der Waals surface area (Å²) in [5, 5.41) is 10.1. The molecule has 0 unspecified atom stereocenters. The molecule has 0 radical (unpaired) electrons. The molecular formula is C22H34O2. The zero-order valence-corrected chi connectivity index (χ0v) is 15.7. The number of hydrogen-bond acceptors (Lipinski definition) is 2. The van der Waals surface area contributed by atoms with E-state index in [0.29, 0.717) is 10.8 Å². The molecule has 24 heavy (non-hydrogen) atoms. The predicted octanol–water partition coefficient (Wildman–Crippen LogP) is 4.72. The van der Waals surface area contributed by atoms with E-state index in [9.17, 15) is 5.11 Å². The monoisotopic (exact) mass is 330 g/mol. The summed E-state index contributed by atoms with van der Waals surface area (Å²) in [6.07, 6.45) is 12.5. The van der Waals surface area contributed by atoms with E-state index in [1.165, 1.54) is 38.5 Å². The molecule has 4 fully saturated rings. The van der Waals surface area contributed by atoms with Crippen LogP contribution in [0.1, 0.15) is 72.1 Å². The van der Waals surface area contributed by atoms with Gasteiger partial charge in [0.15, 0.2) is 0 Å². The number of fused-ring (bicyclic) bond motifs is 5. The third kappa shape index (κ3) is 1.96. The van der Waals surface area contributed by atoms with Crippen molar-refractivity contribution in [1.29, 1.82) is 0 Å². The number of ether oxygens (including phenoxy) is 1. The third-order valence-electron chi connectivity index (χ3n) is 9.41. The minimum absolute atomic E-state index is 0.0856. The molecule has 2 nitrogen and oxygen atoms in total. The molecule has 0 amide bonds. The molecule has 0 aromatic carbocycles. The Morgan fingerprint density at radius 2 is 1.83 bits per heavy atom. The first-order valence-corrected chi connectivity index (χ1v) is 10.4. The second-order valence-electron chi connectivity index (χ2n) is 10.4. The molecule has 3 saturated carbocycles. The van der Waals surface area contributed by atoms with E-state index in [1.54, 1.807) is 5.57 Å². The van der Waals surface area contributed by atoms with Gasteiger partial charge in [0.1, 0.15) is 0 Å². The molecule has 2 heteroatoms. The van der Waals surface area contributed by atoms with Crippen LogP contribution in [0, 0.1) is 34.5 Å². The quantitative estimate of drug-likeness (QED) is 0.557. The Balaban J connectivity index is 1.47. The summed E-state index contributed by atoms with van der Waals surface area (Å²) in [6.45, 7) is 8.49. The lowest BCUT2D eigenvalue weighted by atomic mass is 9.47. The normalized spacial score (nSPS) is 59.2. The number of aliphatic hydroxyl groups excluding tert-OH is 1. The fourth-order valence-electron chi connectivity index (χ4n) is 7.96. The lowest BCUT2D eigenvalue weighted by Gasteiger charge is -2.58. The summed E-state index contributed by atoms with van der Waals surface area (Å²) < 4.78 is 5.91. The van der Waals surface area contributed by atoms with Gasteiger partial charge in [-0.1, -0.05) is 25.5 Å². The van der Waals surface area contributed by atoms with Crippen molar-refractivity contribution in [2.75, 3.05) is 6.61 Å². The molecule has 0 spiro atoms. The summed E-state index contributed by atoms with van der Waals surface area (Å²) in [5.74, 6) is 3.40. The second-order valence-corrected chi connectivity index (χ2v) is 10.4. The second kappa shape index (κ2) is 4.88. The number of aliphatic hydroxyl groups is 1. The zero-order valence-electron chi connectivity index (χ0n) is 15.7.